The van der Waals surface area contributed by atoms with E-state index in [-0.39, 0.29) is 42.9 Å². The first-order valence-corrected chi connectivity index (χ1v) is 11.3. The third-order valence-corrected chi connectivity index (χ3v) is 7.03. The van der Waals surface area contributed by atoms with Crippen LogP contribution in [0.25, 0.3) is 0 Å². The number of pyridine rings is 1. The van der Waals surface area contributed by atoms with E-state index in [1.165, 1.54) is 24.2 Å². The Morgan fingerprint density at radius 1 is 1.13 bits per heavy atom. The summed E-state index contributed by atoms with van der Waals surface area (Å²) in [4.78, 5) is 42.4. The van der Waals surface area contributed by atoms with Crippen molar-refractivity contribution in [1.29, 1.82) is 0 Å². The lowest BCUT2D eigenvalue weighted by atomic mass is 9.53. The van der Waals surface area contributed by atoms with Crippen LogP contribution in [-0.2, 0) is 9.59 Å². The van der Waals surface area contributed by atoms with Gasteiger partial charge in [0.05, 0.1) is 6.54 Å². The number of amides is 4. The molecule has 1 heterocycles. The number of aromatic nitrogens is 1. The third kappa shape index (κ3) is 5.35. The van der Waals surface area contributed by atoms with E-state index in [9.17, 15) is 14.4 Å². The molecule has 4 bridgehead atoms. The molecule has 0 unspecified atom stereocenters. The lowest BCUT2D eigenvalue weighted by Gasteiger charge is -2.56. The van der Waals surface area contributed by atoms with Crippen LogP contribution in [0, 0.1) is 24.7 Å². The molecule has 4 amide bonds. The maximum Gasteiger partial charge on any atom is 0.315 e. The second kappa shape index (κ2) is 8.85. The van der Waals surface area contributed by atoms with E-state index in [2.05, 4.69) is 20.9 Å². The van der Waals surface area contributed by atoms with Crippen LogP contribution < -0.4 is 16.0 Å². The van der Waals surface area contributed by atoms with Gasteiger partial charge in [-0.1, -0.05) is 0 Å². The number of urea groups is 1. The van der Waals surface area contributed by atoms with Gasteiger partial charge in [0.25, 0.3) is 0 Å². The van der Waals surface area contributed by atoms with Crippen LogP contribution in [0.15, 0.2) is 18.3 Å². The molecule has 0 radical (unpaired) electrons. The van der Waals surface area contributed by atoms with Gasteiger partial charge < -0.3 is 20.9 Å². The fraction of sp³-hybridized carbons (Fsp3) is 0.652. The summed E-state index contributed by atoms with van der Waals surface area (Å²) in [5.41, 5.74) is 0.953. The molecule has 8 heteroatoms. The zero-order chi connectivity index (χ0) is 22.0. The van der Waals surface area contributed by atoms with Gasteiger partial charge in [0.1, 0.15) is 5.82 Å². The lowest BCUT2D eigenvalue weighted by molar-refractivity contribution is -0.133. The summed E-state index contributed by atoms with van der Waals surface area (Å²) < 4.78 is 0. The van der Waals surface area contributed by atoms with Crippen molar-refractivity contribution in [2.24, 2.45) is 17.8 Å². The van der Waals surface area contributed by atoms with Crippen LogP contribution in [0.1, 0.15) is 50.5 Å². The van der Waals surface area contributed by atoms with E-state index in [0.717, 1.165) is 42.6 Å². The van der Waals surface area contributed by atoms with Crippen LogP contribution in [-0.4, -0.2) is 53.4 Å². The second-order valence-electron chi connectivity index (χ2n) is 9.85. The van der Waals surface area contributed by atoms with Crippen LogP contribution in [0.2, 0.25) is 0 Å². The summed E-state index contributed by atoms with van der Waals surface area (Å²) in [6.45, 7) is 2.11. The first kappa shape index (κ1) is 21.6. The summed E-state index contributed by atoms with van der Waals surface area (Å²) in [7, 11) is 1.58. The molecular weight excluding hydrogens is 394 g/mol. The van der Waals surface area contributed by atoms with Gasteiger partial charge in [0.15, 0.2) is 0 Å². The van der Waals surface area contributed by atoms with Crippen molar-refractivity contribution in [3.8, 4) is 0 Å². The van der Waals surface area contributed by atoms with Crippen molar-refractivity contribution < 1.29 is 14.4 Å². The summed E-state index contributed by atoms with van der Waals surface area (Å²) in [5.74, 6) is 2.27. The average molecular weight is 428 g/mol. The predicted molar refractivity (Wildman–Crippen MR) is 117 cm³/mol. The maximum atomic E-state index is 12.5. The van der Waals surface area contributed by atoms with E-state index in [1.54, 1.807) is 19.3 Å². The highest BCUT2D eigenvalue weighted by atomic mass is 16.2. The smallest absolute Gasteiger partial charge is 0.315 e. The van der Waals surface area contributed by atoms with Crippen molar-refractivity contribution in [1.82, 2.24) is 20.5 Å². The maximum absolute atomic E-state index is 12.5. The molecule has 0 spiro atoms. The normalized spacial score (nSPS) is 28.1. The minimum atomic E-state index is -0.304. The Kier molecular flexibility index (Phi) is 6.16. The Morgan fingerprint density at radius 2 is 1.77 bits per heavy atom. The molecule has 4 saturated carbocycles. The zero-order valence-corrected chi connectivity index (χ0v) is 18.4. The first-order chi connectivity index (χ1) is 14.8. The molecule has 4 fully saturated rings. The van der Waals surface area contributed by atoms with Crippen LogP contribution >= 0.6 is 0 Å². The van der Waals surface area contributed by atoms with Gasteiger partial charge in [-0.25, -0.2) is 9.78 Å². The molecule has 4 aliphatic rings. The molecule has 0 saturated heterocycles. The molecule has 1 aromatic rings. The van der Waals surface area contributed by atoms with E-state index in [0.29, 0.717) is 5.82 Å². The number of carbonyl (C=O) groups is 3. The highest BCUT2D eigenvalue weighted by Crippen LogP contribution is 2.55. The van der Waals surface area contributed by atoms with Crippen molar-refractivity contribution in [2.75, 3.05) is 25.5 Å². The Labute approximate surface area is 183 Å². The standard InChI is InChI=1S/C23H33N5O3/c1-15-3-5-24-19(7-15)26-20(29)14-28(2)21(30)4-6-25-22(31)27-23-11-16-8-17(12-23)10-18(9-16)13-23/h3,5,7,16-18H,4,6,8-14H2,1-2H3,(H,24,26,29)(H2,25,27,31). The molecule has 168 valence electrons. The SMILES string of the molecule is Cc1ccnc(NC(=O)CN(C)C(=O)CCNC(=O)NC23CC4CC(CC(C4)C2)C3)c1. The number of aryl methyl sites for hydroxylation is 1. The third-order valence-electron chi connectivity index (χ3n) is 7.03. The first-order valence-electron chi connectivity index (χ1n) is 11.3. The van der Waals surface area contributed by atoms with Crippen molar-refractivity contribution in [3.63, 3.8) is 0 Å². The Morgan fingerprint density at radius 3 is 2.39 bits per heavy atom. The van der Waals surface area contributed by atoms with E-state index in [4.69, 9.17) is 0 Å². The van der Waals surface area contributed by atoms with Crippen LogP contribution in [0.4, 0.5) is 10.6 Å². The number of nitrogens with one attached hydrogen (secondary N) is 3. The molecule has 3 N–H and O–H groups in total. The molecule has 31 heavy (non-hydrogen) atoms. The molecular formula is C23H33N5O3. The Balaban J connectivity index is 1.17. The van der Waals surface area contributed by atoms with Gasteiger partial charge in [-0.05, 0) is 80.9 Å². The number of anilines is 1. The molecule has 5 rings (SSSR count). The molecule has 0 atom stereocenters. The molecule has 1 aromatic heterocycles. The largest absolute Gasteiger partial charge is 0.338 e. The van der Waals surface area contributed by atoms with E-state index >= 15 is 0 Å². The fourth-order valence-corrected chi connectivity index (χ4v) is 6.11. The van der Waals surface area contributed by atoms with Crippen LogP contribution in [0.5, 0.6) is 0 Å². The molecule has 0 aromatic carbocycles. The Hall–Kier alpha value is -2.64. The number of hydrogen-bond acceptors (Lipinski definition) is 4. The fourth-order valence-electron chi connectivity index (χ4n) is 6.11. The lowest BCUT2D eigenvalue weighted by Crippen LogP contribution is -2.61. The minimum absolute atomic E-state index is 0.0401. The van der Waals surface area contributed by atoms with Gasteiger partial charge in [-0.2, -0.15) is 0 Å². The predicted octanol–water partition coefficient (Wildman–Crippen LogP) is 2.45. The van der Waals surface area contributed by atoms with Gasteiger partial charge in [0, 0.05) is 31.7 Å². The van der Waals surface area contributed by atoms with Gasteiger partial charge >= 0.3 is 6.03 Å². The van der Waals surface area contributed by atoms with Gasteiger partial charge in [-0.3, -0.25) is 9.59 Å². The number of hydrogen-bond donors (Lipinski definition) is 3. The Bertz CT molecular complexity index is 820. The summed E-state index contributed by atoms with van der Waals surface area (Å²) in [5, 5.41) is 8.77. The topological polar surface area (TPSA) is 103 Å². The molecule has 0 aliphatic heterocycles. The number of likely N-dealkylation sites (N-methyl/N-ethyl adjacent to an activating group) is 1. The minimum Gasteiger partial charge on any atom is -0.338 e. The average Bonchev–Trinajstić information content (AvgIpc) is 2.66. The number of carbonyl (C=O) groups excluding carboxylic acids is 3. The molecule has 8 nitrogen and oxygen atoms in total. The summed E-state index contributed by atoms with van der Waals surface area (Å²) >= 11 is 0. The van der Waals surface area contributed by atoms with Crippen LogP contribution in [0.3, 0.4) is 0 Å². The highest BCUT2D eigenvalue weighted by Gasteiger charge is 2.51. The monoisotopic (exact) mass is 427 g/mol. The summed E-state index contributed by atoms with van der Waals surface area (Å²) in [6, 6.07) is 3.43. The zero-order valence-electron chi connectivity index (χ0n) is 18.4. The van der Waals surface area contributed by atoms with Crippen molar-refractivity contribution in [3.05, 3.63) is 23.9 Å². The van der Waals surface area contributed by atoms with E-state index < -0.39 is 0 Å². The van der Waals surface area contributed by atoms with Gasteiger partial charge in [-0.15, -0.1) is 0 Å². The highest BCUT2D eigenvalue weighted by molar-refractivity contribution is 5.93. The quantitative estimate of drug-likeness (QED) is 0.622. The molecule has 4 aliphatic carbocycles. The van der Waals surface area contributed by atoms with Crippen molar-refractivity contribution >= 4 is 23.7 Å². The van der Waals surface area contributed by atoms with Crippen molar-refractivity contribution in [2.45, 2.75) is 57.4 Å². The number of rotatable bonds is 7. The van der Waals surface area contributed by atoms with Gasteiger partial charge in [0.2, 0.25) is 11.8 Å². The summed E-state index contributed by atoms with van der Waals surface area (Å²) in [6.07, 6.45) is 9.06. The second-order valence-corrected chi connectivity index (χ2v) is 9.85. The number of nitrogens with zero attached hydrogens (tertiary/aromatic N) is 2. The van der Waals surface area contributed by atoms with E-state index in [1.807, 2.05) is 13.0 Å².